The minimum atomic E-state index is 0.736. The molecule has 0 saturated carbocycles. The maximum absolute atomic E-state index is 5.47. The first-order valence-electron chi connectivity index (χ1n) is 7.78. The van der Waals surface area contributed by atoms with E-state index in [0.717, 1.165) is 35.8 Å². The number of imidazole rings is 1. The molecule has 3 aromatic rings. The van der Waals surface area contributed by atoms with Crippen molar-refractivity contribution < 1.29 is 9.47 Å². The van der Waals surface area contributed by atoms with Crippen molar-refractivity contribution in [2.24, 2.45) is 0 Å². The fourth-order valence-electron chi connectivity index (χ4n) is 2.56. The van der Waals surface area contributed by atoms with Crippen molar-refractivity contribution >= 4 is 5.69 Å². The summed E-state index contributed by atoms with van der Waals surface area (Å²) in [6.45, 7) is 1.48. The van der Waals surface area contributed by atoms with Crippen LogP contribution in [-0.2, 0) is 13.1 Å². The topological polar surface area (TPSA) is 48.3 Å². The van der Waals surface area contributed by atoms with Crippen LogP contribution in [0.5, 0.6) is 11.5 Å². The van der Waals surface area contributed by atoms with Crippen molar-refractivity contribution in [1.29, 1.82) is 0 Å². The predicted octanol–water partition coefficient (Wildman–Crippen LogP) is 3.56. The third-order valence-electron chi connectivity index (χ3n) is 3.84. The molecule has 0 aliphatic rings. The van der Waals surface area contributed by atoms with Gasteiger partial charge in [0.2, 0.25) is 0 Å². The molecule has 0 bridgehead atoms. The third kappa shape index (κ3) is 3.87. The predicted molar refractivity (Wildman–Crippen MR) is 94.6 cm³/mol. The van der Waals surface area contributed by atoms with Gasteiger partial charge in [0.05, 0.1) is 27.1 Å². The molecular formula is C19H21N3O2. The molecule has 5 nitrogen and oxygen atoms in total. The van der Waals surface area contributed by atoms with Crippen molar-refractivity contribution in [2.75, 3.05) is 19.5 Å². The van der Waals surface area contributed by atoms with E-state index in [-0.39, 0.29) is 0 Å². The number of ether oxygens (including phenoxy) is 2. The zero-order valence-electron chi connectivity index (χ0n) is 13.9. The number of hydrogen-bond acceptors (Lipinski definition) is 4. The van der Waals surface area contributed by atoms with Gasteiger partial charge in [-0.25, -0.2) is 4.98 Å². The average Bonchev–Trinajstić information content (AvgIpc) is 3.13. The van der Waals surface area contributed by atoms with Gasteiger partial charge in [0.25, 0.3) is 0 Å². The van der Waals surface area contributed by atoms with Gasteiger partial charge in [0.15, 0.2) is 0 Å². The average molecular weight is 323 g/mol. The fraction of sp³-hybridized carbons (Fsp3) is 0.211. The quantitative estimate of drug-likeness (QED) is 0.722. The van der Waals surface area contributed by atoms with Gasteiger partial charge >= 0.3 is 0 Å². The molecule has 0 spiro atoms. The summed E-state index contributed by atoms with van der Waals surface area (Å²) in [5, 5.41) is 3.42. The zero-order valence-corrected chi connectivity index (χ0v) is 13.9. The van der Waals surface area contributed by atoms with Gasteiger partial charge in [-0.05, 0) is 42.0 Å². The second-order valence-electron chi connectivity index (χ2n) is 5.46. The van der Waals surface area contributed by atoms with Crippen molar-refractivity contribution in [2.45, 2.75) is 13.1 Å². The second-order valence-corrected chi connectivity index (χ2v) is 5.46. The molecule has 24 heavy (non-hydrogen) atoms. The van der Waals surface area contributed by atoms with Crippen molar-refractivity contribution in [3.05, 3.63) is 72.3 Å². The highest BCUT2D eigenvalue weighted by molar-refractivity contribution is 5.47. The summed E-state index contributed by atoms with van der Waals surface area (Å²) >= 11 is 0. The Morgan fingerprint density at radius 2 is 1.88 bits per heavy atom. The second kappa shape index (κ2) is 7.55. The molecule has 0 radical (unpaired) electrons. The summed E-state index contributed by atoms with van der Waals surface area (Å²) in [6.07, 6.45) is 5.53. The Kier molecular flexibility index (Phi) is 5.01. The summed E-state index contributed by atoms with van der Waals surface area (Å²) in [7, 11) is 3.36. The van der Waals surface area contributed by atoms with E-state index in [0.29, 0.717) is 0 Å². The van der Waals surface area contributed by atoms with E-state index in [9.17, 15) is 0 Å². The Morgan fingerprint density at radius 3 is 2.54 bits per heavy atom. The maximum Gasteiger partial charge on any atom is 0.123 e. The molecule has 124 valence electrons. The van der Waals surface area contributed by atoms with Crippen LogP contribution in [0.4, 0.5) is 5.69 Å². The molecule has 0 saturated heterocycles. The number of benzene rings is 2. The van der Waals surface area contributed by atoms with Crippen LogP contribution < -0.4 is 14.8 Å². The van der Waals surface area contributed by atoms with Gasteiger partial charge in [-0.1, -0.05) is 6.07 Å². The number of anilines is 1. The lowest BCUT2D eigenvalue weighted by Crippen LogP contribution is -2.03. The Bertz CT molecular complexity index is 768. The van der Waals surface area contributed by atoms with Gasteiger partial charge in [-0.2, -0.15) is 0 Å². The van der Waals surface area contributed by atoms with Gasteiger partial charge < -0.3 is 19.4 Å². The number of methoxy groups -OCH3 is 2. The largest absolute Gasteiger partial charge is 0.497 e. The monoisotopic (exact) mass is 323 g/mol. The first-order valence-corrected chi connectivity index (χ1v) is 7.78. The van der Waals surface area contributed by atoms with E-state index < -0.39 is 0 Å². The summed E-state index contributed by atoms with van der Waals surface area (Å²) in [4.78, 5) is 4.09. The van der Waals surface area contributed by atoms with E-state index in [1.807, 2.05) is 47.4 Å². The minimum Gasteiger partial charge on any atom is -0.497 e. The van der Waals surface area contributed by atoms with Crippen LogP contribution in [0.2, 0.25) is 0 Å². The van der Waals surface area contributed by atoms with E-state index in [1.54, 1.807) is 20.4 Å². The third-order valence-corrected chi connectivity index (χ3v) is 3.84. The normalized spacial score (nSPS) is 10.4. The Labute approximate surface area is 141 Å². The molecule has 0 aliphatic heterocycles. The Hall–Kier alpha value is -2.95. The molecule has 0 fully saturated rings. The van der Waals surface area contributed by atoms with Crippen LogP contribution in [-0.4, -0.2) is 23.8 Å². The van der Waals surface area contributed by atoms with E-state index in [4.69, 9.17) is 9.47 Å². The van der Waals surface area contributed by atoms with Crippen molar-refractivity contribution in [1.82, 2.24) is 9.55 Å². The van der Waals surface area contributed by atoms with Gasteiger partial charge in [0.1, 0.15) is 11.5 Å². The number of nitrogens with one attached hydrogen (secondary N) is 1. The molecule has 0 unspecified atom stereocenters. The van der Waals surface area contributed by atoms with Crippen molar-refractivity contribution in [3.8, 4) is 11.5 Å². The van der Waals surface area contributed by atoms with E-state index >= 15 is 0 Å². The molecule has 1 heterocycles. The highest BCUT2D eigenvalue weighted by atomic mass is 16.5. The van der Waals surface area contributed by atoms with Gasteiger partial charge in [-0.3, -0.25) is 0 Å². The maximum atomic E-state index is 5.47. The number of aromatic nitrogens is 2. The molecule has 1 aromatic heterocycles. The zero-order chi connectivity index (χ0) is 16.8. The summed E-state index contributed by atoms with van der Waals surface area (Å²) in [5.41, 5.74) is 3.38. The first kappa shape index (κ1) is 15.9. The van der Waals surface area contributed by atoms with E-state index in [1.165, 1.54) is 5.56 Å². The Balaban J connectivity index is 1.70. The molecule has 2 aromatic carbocycles. The summed E-state index contributed by atoms with van der Waals surface area (Å²) in [6, 6.07) is 14.2. The summed E-state index contributed by atoms with van der Waals surface area (Å²) in [5.74, 6) is 1.74. The van der Waals surface area contributed by atoms with E-state index in [2.05, 4.69) is 22.4 Å². The van der Waals surface area contributed by atoms with Crippen molar-refractivity contribution in [3.63, 3.8) is 0 Å². The molecule has 0 aliphatic carbocycles. The van der Waals surface area contributed by atoms with Gasteiger partial charge in [-0.15, -0.1) is 0 Å². The smallest absolute Gasteiger partial charge is 0.123 e. The standard InChI is InChI=1S/C19H21N3O2/c1-23-18-6-4-17(5-7-18)21-12-15-3-8-19(24-2)16(11-15)13-22-10-9-20-14-22/h3-11,14,21H,12-13H2,1-2H3. The van der Waals surface area contributed by atoms with Crippen LogP contribution in [0.15, 0.2) is 61.2 Å². The lowest BCUT2D eigenvalue weighted by Gasteiger charge is -2.13. The molecular weight excluding hydrogens is 302 g/mol. The molecule has 5 heteroatoms. The van der Waals surface area contributed by atoms with Crippen LogP contribution in [0.1, 0.15) is 11.1 Å². The van der Waals surface area contributed by atoms with Gasteiger partial charge in [0, 0.05) is 30.2 Å². The number of hydrogen-bond donors (Lipinski definition) is 1. The highest BCUT2D eigenvalue weighted by Gasteiger charge is 2.06. The molecule has 1 N–H and O–H groups in total. The number of nitrogens with zero attached hydrogens (tertiary/aromatic N) is 2. The Morgan fingerprint density at radius 1 is 1.04 bits per heavy atom. The van der Waals surface area contributed by atoms with Crippen LogP contribution in [0.25, 0.3) is 0 Å². The number of rotatable bonds is 7. The van der Waals surface area contributed by atoms with Crippen LogP contribution in [0.3, 0.4) is 0 Å². The fourth-order valence-corrected chi connectivity index (χ4v) is 2.56. The summed E-state index contributed by atoms with van der Waals surface area (Å²) < 4.78 is 12.7. The minimum absolute atomic E-state index is 0.736. The van der Waals surface area contributed by atoms with Crippen LogP contribution >= 0.6 is 0 Å². The lowest BCUT2D eigenvalue weighted by molar-refractivity contribution is 0.408. The lowest BCUT2D eigenvalue weighted by atomic mass is 10.1. The molecule has 3 rings (SSSR count). The first-order chi connectivity index (χ1) is 11.8. The molecule has 0 atom stereocenters. The molecule has 0 amide bonds. The highest BCUT2D eigenvalue weighted by Crippen LogP contribution is 2.22. The SMILES string of the molecule is COc1ccc(NCc2ccc(OC)c(Cn3ccnc3)c2)cc1. The van der Waals surface area contributed by atoms with Crippen LogP contribution in [0, 0.1) is 0 Å².